The van der Waals surface area contributed by atoms with Crippen molar-refractivity contribution in [2.75, 3.05) is 18.4 Å². The predicted octanol–water partition coefficient (Wildman–Crippen LogP) is 3.17. The Kier molecular flexibility index (Phi) is 4.93. The van der Waals surface area contributed by atoms with Crippen LogP contribution < -0.4 is 11.1 Å². The van der Waals surface area contributed by atoms with E-state index in [1.54, 1.807) is 0 Å². The molecule has 2 rings (SSSR count). The highest BCUT2D eigenvalue weighted by Crippen LogP contribution is 2.24. The van der Waals surface area contributed by atoms with E-state index in [2.05, 4.69) is 15.3 Å². The van der Waals surface area contributed by atoms with Crippen molar-refractivity contribution in [2.45, 2.75) is 20.3 Å². The van der Waals surface area contributed by atoms with Crippen LogP contribution in [0.5, 0.6) is 0 Å². The van der Waals surface area contributed by atoms with Crippen molar-refractivity contribution in [1.82, 2.24) is 9.97 Å². The second-order valence-corrected chi connectivity index (χ2v) is 5.11. The molecule has 0 aliphatic rings. The van der Waals surface area contributed by atoms with E-state index in [4.69, 9.17) is 17.3 Å². The van der Waals surface area contributed by atoms with Gasteiger partial charge in [0, 0.05) is 17.1 Å². The summed E-state index contributed by atoms with van der Waals surface area (Å²) in [5.41, 5.74) is 9.29. The number of hydrogen-bond donors (Lipinski definition) is 2. The van der Waals surface area contributed by atoms with Gasteiger partial charge in [-0.25, -0.2) is 9.97 Å². The molecule has 2 aromatic rings. The molecule has 0 saturated carbocycles. The van der Waals surface area contributed by atoms with Gasteiger partial charge in [0.05, 0.1) is 17.1 Å². The van der Waals surface area contributed by atoms with E-state index in [1.165, 1.54) is 0 Å². The topological polar surface area (TPSA) is 63.8 Å². The number of hydrogen-bond acceptors (Lipinski definition) is 4. The fraction of sp³-hybridized carbons (Fsp3) is 0.333. The quantitative estimate of drug-likeness (QED) is 0.830. The first-order valence-electron chi connectivity index (χ1n) is 6.67. The number of aryl methyl sites for hydroxylation is 2. The van der Waals surface area contributed by atoms with E-state index in [-0.39, 0.29) is 0 Å². The summed E-state index contributed by atoms with van der Waals surface area (Å²) in [7, 11) is 0. The zero-order valence-corrected chi connectivity index (χ0v) is 12.5. The van der Waals surface area contributed by atoms with Gasteiger partial charge in [0.1, 0.15) is 0 Å². The molecule has 1 heterocycles. The van der Waals surface area contributed by atoms with Crippen molar-refractivity contribution in [3.63, 3.8) is 0 Å². The van der Waals surface area contributed by atoms with Gasteiger partial charge in [-0.2, -0.15) is 0 Å². The summed E-state index contributed by atoms with van der Waals surface area (Å²) in [5, 5.41) is 4.03. The molecule has 4 nitrogen and oxygen atoms in total. The van der Waals surface area contributed by atoms with E-state index in [0.29, 0.717) is 17.4 Å². The van der Waals surface area contributed by atoms with Crippen LogP contribution in [0.15, 0.2) is 24.3 Å². The third-order valence-corrected chi connectivity index (χ3v) is 3.27. The minimum atomic E-state index is 0.673. The Bertz CT molecular complexity index is 575. The number of nitrogens with one attached hydrogen (secondary N) is 1. The van der Waals surface area contributed by atoms with Crippen molar-refractivity contribution < 1.29 is 0 Å². The number of nitrogens with two attached hydrogens (primary N) is 1. The Morgan fingerprint density at radius 2 is 1.90 bits per heavy atom. The predicted molar refractivity (Wildman–Crippen MR) is 84.1 cm³/mol. The summed E-state index contributed by atoms with van der Waals surface area (Å²) in [4.78, 5) is 9.12. The summed E-state index contributed by atoms with van der Waals surface area (Å²) in [5.74, 6) is 0.701. The van der Waals surface area contributed by atoms with Gasteiger partial charge in [0.25, 0.3) is 0 Å². The SMILES string of the molecule is Cc1nc(-c2cccc(Cl)c2)nc(C)c1NCCCN. The minimum Gasteiger partial charge on any atom is -0.382 e. The molecule has 0 atom stereocenters. The van der Waals surface area contributed by atoms with Crippen LogP contribution in [-0.2, 0) is 0 Å². The summed E-state index contributed by atoms with van der Waals surface area (Å²) in [6, 6.07) is 7.57. The molecule has 0 bridgehead atoms. The van der Waals surface area contributed by atoms with E-state index < -0.39 is 0 Å². The molecule has 3 N–H and O–H groups in total. The molecule has 0 fully saturated rings. The lowest BCUT2D eigenvalue weighted by Crippen LogP contribution is -2.11. The van der Waals surface area contributed by atoms with Crippen LogP contribution in [0.25, 0.3) is 11.4 Å². The molecule has 0 aliphatic carbocycles. The maximum absolute atomic E-state index is 6.01. The second kappa shape index (κ2) is 6.68. The molecule has 1 aromatic heterocycles. The fourth-order valence-electron chi connectivity index (χ4n) is 2.04. The number of anilines is 1. The normalized spacial score (nSPS) is 10.6. The fourth-order valence-corrected chi connectivity index (χ4v) is 2.23. The van der Waals surface area contributed by atoms with Crippen LogP contribution in [0.2, 0.25) is 5.02 Å². The highest BCUT2D eigenvalue weighted by Gasteiger charge is 2.09. The molecule has 1 aromatic carbocycles. The van der Waals surface area contributed by atoms with Crippen molar-refractivity contribution in [3.8, 4) is 11.4 Å². The number of nitrogens with zero attached hydrogens (tertiary/aromatic N) is 2. The molecular formula is C15H19ClN4. The molecule has 106 valence electrons. The third-order valence-electron chi connectivity index (χ3n) is 3.04. The summed E-state index contributed by atoms with van der Waals surface area (Å²) < 4.78 is 0. The number of benzene rings is 1. The van der Waals surface area contributed by atoms with Gasteiger partial charge in [-0.15, -0.1) is 0 Å². The zero-order chi connectivity index (χ0) is 14.5. The summed E-state index contributed by atoms with van der Waals surface area (Å²) in [6.07, 6.45) is 0.926. The molecule has 20 heavy (non-hydrogen) atoms. The van der Waals surface area contributed by atoms with Crippen molar-refractivity contribution >= 4 is 17.3 Å². The molecule has 0 radical (unpaired) electrons. The van der Waals surface area contributed by atoms with Crippen molar-refractivity contribution in [2.24, 2.45) is 5.73 Å². The van der Waals surface area contributed by atoms with Gasteiger partial charge in [0.15, 0.2) is 5.82 Å². The van der Waals surface area contributed by atoms with Crippen LogP contribution in [0.1, 0.15) is 17.8 Å². The van der Waals surface area contributed by atoms with Crippen molar-refractivity contribution in [3.05, 3.63) is 40.7 Å². The van der Waals surface area contributed by atoms with Gasteiger partial charge >= 0.3 is 0 Å². The molecule has 5 heteroatoms. The lowest BCUT2D eigenvalue weighted by atomic mass is 10.2. The monoisotopic (exact) mass is 290 g/mol. The van der Waals surface area contributed by atoms with E-state index >= 15 is 0 Å². The third kappa shape index (κ3) is 3.46. The average molecular weight is 291 g/mol. The molecule has 0 aliphatic heterocycles. The van der Waals surface area contributed by atoms with Crippen LogP contribution >= 0.6 is 11.6 Å². The summed E-state index contributed by atoms with van der Waals surface area (Å²) in [6.45, 7) is 5.46. The maximum atomic E-state index is 6.01. The molecule has 0 spiro atoms. The Hall–Kier alpha value is -1.65. The van der Waals surface area contributed by atoms with Crippen LogP contribution in [0.3, 0.4) is 0 Å². The lowest BCUT2D eigenvalue weighted by molar-refractivity contribution is 0.868. The van der Waals surface area contributed by atoms with E-state index in [9.17, 15) is 0 Å². The van der Waals surface area contributed by atoms with Crippen molar-refractivity contribution in [1.29, 1.82) is 0 Å². The number of aromatic nitrogens is 2. The second-order valence-electron chi connectivity index (χ2n) is 4.67. The first kappa shape index (κ1) is 14.8. The largest absolute Gasteiger partial charge is 0.382 e. The Morgan fingerprint density at radius 3 is 2.50 bits per heavy atom. The Morgan fingerprint density at radius 1 is 1.20 bits per heavy atom. The average Bonchev–Trinajstić information content (AvgIpc) is 2.41. The number of rotatable bonds is 5. The Balaban J connectivity index is 2.30. The van der Waals surface area contributed by atoms with Gasteiger partial charge < -0.3 is 11.1 Å². The molecular weight excluding hydrogens is 272 g/mol. The van der Waals surface area contributed by atoms with Gasteiger partial charge in [-0.05, 0) is 38.9 Å². The van der Waals surface area contributed by atoms with Gasteiger partial charge in [-0.1, -0.05) is 23.7 Å². The highest BCUT2D eigenvalue weighted by atomic mass is 35.5. The summed E-state index contributed by atoms with van der Waals surface area (Å²) >= 11 is 6.01. The minimum absolute atomic E-state index is 0.673. The first-order chi connectivity index (χ1) is 9.61. The smallest absolute Gasteiger partial charge is 0.159 e. The number of halogens is 1. The first-order valence-corrected chi connectivity index (χ1v) is 7.04. The van der Waals surface area contributed by atoms with Crippen LogP contribution in [-0.4, -0.2) is 23.1 Å². The molecule has 0 amide bonds. The van der Waals surface area contributed by atoms with E-state index in [1.807, 2.05) is 38.1 Å². The van der Waals surface area contributed by atoms with Crippen LogP contribution in [0.4, 0.5) is 5.69 Å². The van der Waals surface area contributed by atoms with Gasteiger partial charge in [0.2, 0.25) is 0 Å². The molecule has 0 unspecified atom stereocenters. The zero-order valence-electron chi connectivity index (χ0n) is 11.8. The van der Waals surface area contributed by atoms with Crippen LogP contribution in [0, 0.1) is 13.8 Å². The lowest BCUT2D eigenvalue weighted by Gasteiger charge is -2.13. The Labute approximate surface area is 124 Å². The van der Waals surface area contributed by atoms with E-state index in [0.717, 1.165) is 35.6 Å². The standard InChI is InChI=1S/C15H19ClN4/c1-10-14(18-8-4-7-17)11(2)20-15(19-10)12-5-3-6-13(16)9-12/h3,5-6,9,18H,4,7-8,17H2,1-2H3. The highest BCUT2D eigenvalue weighted by molar-refractivity contribution is 6.30. The molecule has 0 saturated heterocycles. The van der Waals surface area contributed by atoms with Gasteiger partial charge in [-0.3, -0.25) is 0 Å². The maximum Gasteiger partial charge on any atom is 0.159 e.